The van der Waals surface area contributed by atoms with E-state index < -0.39 is 36.2 Å². The van der Waals surface area contributed by atoms with Crippen LogP contribution in [0.15, 0.2) is 88.2 Å². The minimum atomic E-state index is -3.94. The molecule has 0 spiro atoms. The van der Waals surface area contributed by atoms with Crippen LogP contribution in [0.2, 0.25) is 0 Å². The molecule has 2 atom stereocenters. The monoisotopic (exact) mass is 607 g/mol. The molecule has 3 aromatic carbocycles. The fourth-order valence-corrected chi connectivity index (χ4v) is 4.55. The second-order valence-electron chi connectivity index (χ2n) is 7.62. The van der Waals surface area contributed by atoms with Gasteiger partial charge in [-0.3, -0.25) is 4.79 Å². The molecule has 0 fully saturated rings. The van der Waals surface area contributed by atoms with E-state index in [0.717, 1.165) is 4.47 Å². The average molecular weight is 608 g/mol. The Bertz CT molecular complexity index is 1580. The van der Waals surface area contributed by atoms with E-state index in [9.17, 15) is 27.1 Å². The van der Waals surface area contributed by atoms with Crippen molar-refractivity contribution in [3.05, 3.63) is 100 Å². The maximum atomic E-state index is 14.0. The fraction of sp³-hybridized carbons (Fsp3) is 0.0435. The van der Waals surface area contributed by atoms with E-state index in [-0.39, 0.29) is 10.6 Å². The molecule has 37 heavy (non-hydrogen) atoms. The van der Waals surface area contributed by atoms with Gasteiger partial charge in [0.05, 0.1) is 16.3 Å². The number of nitrogens with one attached hydrogen (secondary N) is 1. The van der Waals surface area contributed by atoms with Gasteiger partial charge in [-0.25, -0.2) is 22.6 Å². The number of halogens is 2. The van der Waals surface area contributed by atoms with Gasteiger partial charge < -0.3 is 5.32 Å². The van der Waals surface area contributed by atoms with Crippen molar-refractivity contribution < 1.29 is 31.6 Å². The third-order valence-electron chi connectivity index (χ3n) is 5.10. The molecule has 0 bridgehead atoms. The van der Waals surface area contributed by atoms with Crippen LogP contribution in [0.25, 0.3) is 16.9 Å². The summed E-state index contributed by atoms with van der Waals surface area (Å²) in [7, 11) is -7.00. The quantitative estimate of drug-likeness (QED) is 0.200. The van der Waals surface area contributed by atoms with Crippen LogP contribution in [-0.4, -0.2) is 29.0 Å². The number of hydrogen-bond donors (Lipinski definition) is 3. The van der Waals surface area contributed by atoms with Crippen LogP contribution < -0.4 is 10.5 Å². The van der Waals surface area contributed by atoms with Crippen LogP contribution >= 0.6 is 24.2 Å². The first-order valence-electron chi connectivity index (χ1n) is 10.4. The molecule has 0 saturated heterocycles. The fourth-order valence-electron chi connectivity index (χ4n) is 3.41. The predicted octanol–water partition coefficient (Wildman–Crippen LogP) is 4.18. The van der Waals surface area contributed by atoms with Gasteiger partial charge in [0, 0.05) is 20.2 Å². The number of nitrogens with zero attached hydrogens (tertiary/aromatic N) is 2. The molecule has 4 rings (SSSR count). The van der Waals surface area contributed by atoms with E-state index >= 15 is 0 Å². The Balaban J connectivity index is 1.74. The summed E-state index contributed by atoms with van der Waals surface area (Å²) in [6, 6.07) is 18.9. The Morgan fingerprint density at radius 1 is 1.11 bits per heavy atom. The number of benzene rings is 3. The number of primary sulfonamides is 1. The lowest BCUT2D eigenvalue weighted by Crippen LogP contribution is -2.29. The number of nitrogens with two attached hydrogens (primary N) is 1. The molecular formula is C23H18BrFN4O6PS+. The van der Waals surface area contributed by atoms with Gasteiger partial charge in [0.2, 0.25) is 16.3 Å². The first kappa shape index (κ1) is 26.7. The normalized spacial score (nSPS) is 12.7. The summed E-state index contributed by atoms with van der Waals surface area (Å²) in [5.41, 5.74) is 1.36. The highest BCUT2D eigenvalue weighted by Crippen LogP contribution is 2.29. The van der Waals surface area contributed by atoms with Crippen molar-refractivity contribution in [3.63, 3.8) is 0 Å². The Morgan fingerprint density at radius 3 is 2.38 bits per heavy atom. The van der Waals surface area contributed by atoms with Crippen LogP contribution in [0.5, 0.6) is 0 Å². The number of carbonyl (C=O) groups is 1. The van der Waals surface area contributed by atoms with Crippen molar-refractivity contribution in [1.82, 2.24) is 15.1 Å². The number of aromatic nitrogens is 2. The third-order valence-corrected chi connectivity index (χ3v) is 6.95. The summed E-state index contributed by atoms with van der Waals surface area (Å²) >= 11 is 3.29. The van der Waals surface area contributed by atoms with Crippen molar-refractivity contribution >= 4 is 40.1 Å². The lowest BCUT2D eigenvalue weighted by atomic mass is 10.1. The van der Waals surface area contributed by atoms with Crippen molar-refractivity contribution in [2.45, 2.75) is 11.1 Å². The average Bonchev–Trinajstić information content (AvgIpc) is 3.29. The van der Waals surface area contributed by atoms with Gasteiger partial charge >= 0.3 is 8.25 Å². The van der Waals surface area contributed by atoms with Crippen molar-refractivity contribution in [2.75, 3.05) is 0 Å². The summed E-state index contributed by atoms with van der Waals surface area (Å²) < 4.78 is 55.7. The minimum absolute atomic E-state index is 0.117. The molecule has 0 saturated carbocycles. The predicted molar refractivity (Wildman–Crippen MR) is 136 cm³/mol. The molecule has 0 aliphatic carbocycles. The van der Waals surface area contributed by atoms with E-state index in [1.165, 1.54) is 53.2 Å². The van der Waals surface area contributed by atoms with Gasteiger partial charge in [0.1, 0.15) is 5.82 Å². The molecule has 0 aliphatic rings. The maximum Gasteiger partial charge on any atom is 0.697 e. The highest BCUT2D eigenvalue weighted by Gasteiger charge is 2.28. The molecule has 4 aromatic rings. The first-order chi connectivity index (χ1) is 17.5. The number of amides is 1. The van der Waals surface area contributed by atoms with Gasteiger partial charge in [-0.2, -0.15) is 5.10 Å². The molecule has 10 nitrogen and oxygen atoms in total. The van der Waals surface area contributed by atoms with Crippen LogP contribution in [-0.2, 0) is 19.1 Å². The SMILES string of the molecule is NS(=O)(=O)c1ccc(-n2nc(C(=O)NC(O[P+](=O)O)c3ccc(Br)cc3)cc2-c2cccc(F)c2)cc1. The summed E-state index contributed by atoms with van der Waals surface area (Å²) in [5, 5.41) is 12.0. The second kappa shape index (κ2) is 11.0. The maximum absolute atomic E-state index is 14.0. The van der Waals surface area contributed by atoms with Gasteiger partial charge in [0.25, 0.3) is 5.91 Å². The van der Waals surface area contributed by atoms with Crippen molar-refractivity contribution in [3.8, 4) is 16.9 Å². The third kappa shape index (κ3) is 6.52. The molecule has 14 heteroatoms. The Morgan fingerprint density at radius 2 is 1.78 bits per heavy atom. The minimum Gasteiger partial charge on any atom is -0.317 e. The van der Waals surface area contributed by atoms with E-state index in [1.54, 1.807) is 30.3 Å². The number of sulfonamides is 1. The molecule has 1 heterocycles. The molecular weight excluding hydrogens is 590 g/mol. The van der Waals surface area contributed by atoms with E-state index in [2.05, 4.69) is 26.3 Å². The van der Waals surface area contributed by atoms with Crippen LogP contribution in [0.1, 0.15) is 22.3 Å². The van der Waals surface area contributed by atoms with E-state index in [4.69, 9.17) is 9.66 Å². The zero-order valence-electron chi connectivity index (χ0n) is 18.7. The molecule has 0 aliphatic heterocycles. The Kier molecular flexibility index (Phi) is 7.93. The lowest BCUT2D eigenvalue weighted by molar-refractivity contribution is 0.0817. The van der Waals surface area contributed by atoms with Crippen LogP contribution in [0, 0.1) is 5.82 Å². The molecule has 1 amide bonds. The summed E-state index contributed by atoms with van der Waals surface area (Å²) in [6.07, 6.45) is -1.27. The zero-order chi connectivity index (χ0) is 26.7. The smallest absolute Gasteiger partial charge is 0.317 e. The van der Waals surface area contributed by atoms with Crippen LogP contribution in [0.4, 0.5) is 4.39 Å². The molecule has 4 N–H and O–H groups in total. The van der Waals surface area contributed by atoms with Crippen molar-refractivity contribution in [2.24, 2.45) is 5.14 Å². The summed E-state index contributed by atoms with van der Waals surface area (Å²) in [6.45, 7) is 0. The number of rotatable bonds is 8. The topological polar surface area (TPSA) is 154 Å². The van der Waals surface area contributed by atoms with Gasteiger partial charge in [-0.1, -0.05) is 44.7 Å². The largest absolute Gasteiger partial charge is 0.697 e. The second-order valence-corrected chi connectivity index (χ2v) is 10.8. The highest BCUT2D eigenvalue weighted by atomic mass is 79.9. The number of hydrogen-bond acceptors (Lipinski definition) is 6. The Labute approximate surface area is 220 Å². The Hall–Kier alpha value is -3.32. The number of carbonyl (C=O) groups excluding carboxylic acids is 1. The molecule has 190 valence electrons. The summed E-state index contributed by atoms with van der Waals surface area (Å²) in [4.78, 5) is 22.3. The van der Waals surface area contributed by atoms with Gasteiger partial charge in [-0.15, -0.1) is 4.89 Å². The summed E-state index contributed by atoms with van der Waals surface area (Å²) in [5.74, 6) is -1.27. The molecule has 1 aromatic heterocycles. The lowest BCUT2D eigenvalue weighted by Gasteiger charge is -2.12. The molecule has 0 radical (unpaired) electrons. The van der Waals surface area contributed by atoms with E-state index in [0.29, 0.717) is 22.5 Å². The van der Waals surface area contributed by atoms with Crippen LogP contribution in [0.3, 0.4) is 0 Å². The van der Waals surface area contributed by atoms with E-state index in [1.807, 2.05) is 0 Å². The zero-order valence-corrected chi connectivity index (χ0v) is 22.0. The van der Waals surface area contributed by atoms with Gasteiger partial charge in [0.15, 0.2) is 5.69 Å². The first-order valence-corrected chi connectivity index (χ1v) is 13.9. The highest BCUT2D eigenvalue weighted by molar-refractivity contribution is 9.10. The van der Waals surface area contributed by atoms with Crippen molar-refractivity contribution in [1.29, 1.82) is 0 Å². The standard InChI is InChI=1S/C23H17BrFN4O6PS/c24-16-6-4-14(5-7-16)23(35-36(31)32)27-22(30)20-13-21(15-2-1-3-17(25)12-15)29(28-20)18-8-10-19(11-9-18)37(26,33)34/h1-13,23H,(H3-,26,27,30,31,32,33,34)/p+1. The molecule has 2 unspecified atom stereocenters. The van der Waals surface area contributed by atoms with Gasteiger partial charge in [-0.05, 0) is 54.6 Å².